The number of hydrogen-bond acceptors (Lipinski definition) is 2. The van der Waals surface area contributed by atoms with Crippen molar-refractivity contribution in [2.75, 3.05) is 13.7 Å². The van der Waals surface area contributed by atoms with Crippen LogP contribution in [0.2, 0.25) is 0 Å². The second kappa shape index (κ2) is 6.46. The molecular weight excluding hydrogens is 186 g/mol. The quantitative estimate of drug-likeness (QED) is 0.774. The van der Waals surface area contributed by atoms with Gasteiger partial charge in [-0.05, 0) is 44.5 Å². The Hall–Kier alpha value is -1.02. The number of ether oxygens (including phenoxy) is 1. The molecule has 1 atom stereocenters. The molecule has 0 heterocycles. The van der Waals surface area contributed by atoms with Gasteiger partial charge in [0.15, 0.2) is 0 Å². The molecule has 84 valence electrons. The van der Waals surface area contributed by atoms with Crippen molar-refractivity contribution in [3.63, 3.8) is 0 Å². The highest BCUT2D eigenvalue weighted by Crippen LogP contribution is 2.13. The Kier molecular flexibility index (Phi) is 5.19. The highest BCUT2D eigenvalue weighted by atomic mass is 16.5. The van der Waals surface area contributed by atoms with Gasteiger partial charge in [-0.15, -0.1) is 0 Å². The summed E-state index contributed by atoms with van der Waals surface area (Å²) in [6, 6.07) is 8.95. The molecule has 0 spiro atoms. The monoisotopic (exact) mass is 207 g/mol. The predicted molar refractivity (Wildman–Crippen MR) is 64.5 cm³/mol. The summed E-state index contributed by atoms with van der Waals surface area (Å²) in [5.74, 6) is 0.957. The summed E-state index contributed by atoms with van der Waals surface area (Å²) in [6.07, 6.45) is 2.24. The fraction of sp³-hybridized carbons (Fsp3) is 0.538. The number of benzene rings is 1. The van der Waals surface area contributed by atoms with Crippen LogP contribution in [0.1, 0.15) is 25.8 Å². The third kappa shape index (κ3) is 3.92. The lowest BCUT2D eigenvalue weighted by atomic mass is 10.0. The maximum absolute atomic E-state index is 5.40. The van der Waals surface area contributed by atoms with Gasteiger partial charge in [-0.2, -0.15) is 0 Å². The van der Waals surface area contributed by atoms with E-state index >= 15 is 0 Å². The van der Waals surface area contributed by atoms with Gasteiger partial charge in [-0.25, -0.2) is 0 Å². The van der Waals surface area contributed by atoms with E-state index in [1.165, 1.54) is 5.56 Å². The molecule has 1 aromatic carbocycles. The van der Waals surface area contributed by atoms with Gasteiger partial charge in [0.05, 0.1) is 6.61 Å². The highest BCUT2D eigenvalue weighted by molar-refractivity contribution is 5.27. The number of nitrogens with one attached hydrogen (secondary N) is 1. The third-order valence-electron chi connectivity index (χ3n) is 2.62. The maximum atomic E-state index is 5.40. The maximum Gasteiger partial charge on any atom is 0.119 e. The Morgan fingerprint density at radius 2 is 1.87 bits per heavy atom. The Morgan fingerprint density at radius 3 is 2.33 bits per heavy atom. The zero-order valence-corrected chi connectivity index (χ0v) is 9.92. The summed E-state index contributed by atoms with van der Waals surface area (Å²) in [7, 11) is 2.02. The fourth-order valence-corrected chi connectivity index (χ4v) is 1.62. The van der Waals surface area contributed by atoms with E-state index in [0.717, 1.165) is 25.2 Å². The molecule has 0 saturated heterocycles. The van der Waals surface area contributed by atoms with E-state index in [9.17, 15) is 0 Å². The van der Waals surface area contributed by atoms with E-state index < -0.39 is 0 Å². The molecule has 1 unspecified atom stereocenters. The molecule has 0 aromatic heterocycles. The molecule has 0 aliphatic carbocycles. The first-order valence-electron chi connectivity index (χ1n) is 5.69. The molecule has 2 heteroatoms. The van der Waals surface area contributed by atoms with Crippen LogP contribution in [0.25, 0.3) is 0 Å². The lowest BCUT2D eigenvalue weighted by Gasteiger charge is -2.13. The standard InChI is InChI=1S/C13H21NO/c1-4-12(14-3)10-11-6-8-13(9-7-11)15-5-2/h6-9,12,14H,4-5,10H2,1-3H3. The number of rotatable bonds is 6. The van der Waals surface area contributed by atoms with Crippen LogP contribution in [-0.4, -0.2) is 19.7 Å². The van der Waals surface area contributed by atoms with Gasteiger partial charge in [0.2, 0.25) is 0 Å². The molecule has 0 saturated carbocycles. The SMILES string of the molecule is CCOc1ccc(CC(CC)NC)cc1. The number of likely N-dealkylation sites (N-methyl/N-ethyl adjacent to an activating group) is 1. The molecule has 0 fully saturated rings. The van der Waals surface area contributed by atoms with Crippen LogP contribution in [0.3, 0.4) is 0 Å². The van der Waals surface area contributed by atoms with Crippen molar-refractivity contribution >= 4 is 0 Å². The largest absolute Gasteiger partial charge is 0.494 e. The first-order valence-corrected chi connectivity index (χ1v) is 5.69. The Labute approximate surface area is 92.6 Å². The van der Waals surface area contributed by atoms with Gasteiger partial charge in [0, 0.05) is 6.04 Å². The summed E-state index contributed by atoms with van der Waals surface area (Å²) >= 11 is 0. The molecule has 15 heavy (non-hydrogen) atoms. The van der Waals surface area contributed by atoms with Crippen LogP contribution < -0.4 is 10.1 Å². The summed E-state index contributed by atoms with van der Waals surface area (Å²) in [5, 5.41) is 3.31. The summed E-state index contributed by atoms with van der Waals surface area (Å²) in [6.45, 7) is 4.94. The van der Waals surface area contributed by atoms with Crippen molar-refractivity contribution in [2.45, 2.75) is 32.7 Å². The summed E-state index contributed by atoms with van der Waals surface area (Å²) in [4.78, 5) is 0. The van der Waals surface area contributed by atoms with E-state index in [0.29, 0.717) is 6.04 Å². The molecule has 1 N–H and O–H groups in total. The van der Waals surface area contributed by atoms with Crippen molar-refractivity contribution in [2.24, 2.45) is 0 Å². The van der Waals surface area contributed by atoms with E-state index in [1.807, 2.05) is 26.1 Å². The number of hydrogen-bond donors (Lipinski definition) is 1. The lowest BCUT2D eigenvalue weighted by molar-refractivity contribution is 0.340. The van der Waals surface area contributed by atoms with E-state index in [4.69, 9.17) is 4.74 Å². The van der Waals surface area contributed by atoms with Crippen molar-refractivity contribution in [1.82, 2.24) is 5.32 Å². The van der Waals surface area contributed by atoms with Crippen molar-refractivity contribution in [3.05, 3.63) is 29.8 Å². The minimum Gasteiger partial charge on any atom is -0.494 e. The van der Waals surface area contributed by atoms with Crippen molar-refractivity contribution < 1.29 is 4.74 Å². The molecule has 0 amide bonds. The Morgan fingerprint density at radius 1 is 1.20 bits per heavy atom. The normalized spacial score (nSPS) is 12.5. The Bertz CT molecular complexity index is 264. The second-order valence-electron chi connectivity index (χ2n) is 3.67. The van der Waals surface area contributed by atoms with E-state index in [1.54, 1.807) is 0 Å². The van der Waals surface area contributed by atoms with Crippen LogP contribution in [0, 0.1) is 0 Å². The summed E-state index contributed by atoms with van der Waals surface area (Å²) in [5.41, 5.74) is 1.36. The van der Waals surface area contributed by atoms with Crippen LogP contribution in [-0.2, 0) is 6.42 Å². The molecule has 0 aliphatic rings. The van der Waals surface area contributed by atoms with Crippen molar-refractivity contribution in [1.29, 1.82) is 0 Å². The zero-order chi connectivity index (χ0) is 11.1. The highest BCUT2D eigenvalue weighted by Gasteiger charge is 2.04. The van der Waals surface area contributed by atoms with Crippen LogP contribution >= 0.6 is 0 Å². The van der Waals surface area contributed by atoms with Crippen LogP contribution in [0.4, 0.5) is 0 Å². The molecule has 0 radical (unpaired) electrons. The molecule has 0 aliphatic heterocycles. The van der Waals surface area contributed by atoms with E-state index in [-0.39, 0.29) is 0 Å². The van der Waals surface area contributed by atoms with Gasteiger partial charge in [-0.1, -0.05) is 19.1 Å². The zero-order valence-electron chi connectivity index (χ0n) is 9.92. The first kappa shape index (κ1) is 12.1. The predicted octanol–water partition coefficient (Wildman–Crippen LogP) is 2.63. The third-order valence-corrected chi connectivity index (χ3v) is 2.62. The molecule has 0 bridgehead atoms. The van der Waals surface area contributed by atoms with Gasteiger partial charge >= 0.3 is 0 Å². The van der Waals surface area contributed by atoms with Crippen LogP contribution in [0.15, 0.2) is 24.3 Å². The Balaban J connectivity index is 2.55. The minimum absolute atomic E-state index is 0.572. The second-order valence-corrected chi connectivity index (χ2v) is 3.67. The molecular formula is C13H21NO. The van der Waals surface area contributed by atoms with Crippen molar-refractivity contribution in [3.8, 4) is 5.75 Å². The molecule has 1 aromatic rings. The first-order chi connectivity index (χ1) is 7.30. The molecule has 1 rings (SSSR count). The molecule has 2 nitrogen and oxygen atoms in total. The summed E-state index contributed by atoms with van der Waals surface area (Å²) < 4.78 is 5.40. The average molecular weight is 207 g/mol. The van der Waals surface area contributed by atoms with Gasteiger partial charge in [-0.3, -0.25) is 0 Å². The topological polar surface area (TPSA) is 21.3 Å². The van der Waals surface area contributed by atoms with Gasteiger partial charge in [0.1, 0.15) is 5.75 Å². The van der Waals surface area contributed by atoms with Gasteiger partial charge in [0.25, 0.3) is 0 Å². The lowest BCUT2D eigenvalue weighted by Crippen LogP contribution is -2.26. The average Bonchev–Trinajstić information content (AvgIpc) is 2.28. The van der Waals surface area contributed by atoms with Gasteiger partial charge < -0.3 is 10.1 Å². The smallest absolute Gasteiger partial charge is 0.119 e. The minimum atomic E-state index is 0.572. The fourth-order valence-electron chi connectivity index (χ4n) is 1.62. The van der Waals surface area contributed by atoms with E-state index in [2.05, 4.69) is 24.4 Å². The van der Waals surface area contributed by atoms with Crippen LogP contribution in [0.5, 0.6) is 5.75 Å².